The number of aromatic nitrogens is 7. The van der Waals surface area contributed by atoms with Gasteiger partial charge in [0.05, 0.1) is 17.2 Å². The number of carboxylic acid groups (broad SMARTS) is 1. The number of fused-ring (bicyclic) bond motifs is 1. The number of hydrogen-bond acceptors (Lipinski definition) is 8. The fourth-order valence-corrected chi connectivity index (χ4v) is 2.39. The van der Waals surface area contributed by atoms with Crippen molar-refractivity contribution in [3.63, 3.8) is 0 Å². The molecule has 16 heteroatoms. The number of anilines is 3. The van der Waals surface area contributed by atoms with Gasteiger partial charge in [0, 0.05) is 18.2 Å². The maximum Gasteiger partial charge on any atom is 0.490 e. The van der Waals surface area contributed by atoms with E-state index in [4.69, 9.17) is 15.6 Å². The summed E-state index contributed by atoms with van der Waals surface area (Å²) in [5.74, 6) is -3.52. The van der Waals surface area contributed by atoms with E-state index >= 15 is 0 Å². The molecule has 0 spiro atoms. The first-order valence-corrected chi connectivity index (χ1v) is 8.38. The quantitative estimate of drug-likeness (QED) is 0.339. The number of nitrogens with one attached hydrogen (secondary N) is 2. The van der Waals surface area contributed by atoms with Gasteiger partial charge in [-0.25, -0.2) is 23.1 Å². The number of nitrogens with two attached hydrogens (primary N) is 1. The molecule has 4 aromatic rings. The van der Waals surface area contributed by atoms with E-state index in [1.807, 2.05) is 0 Å². The first-order chi connectivity index (χ1) is 15.0. The summed E-state index contributed by atoms with van der Waals surface area (Å²) < 4.78 is 60.5. The molecule has 168 valence electrons. The van der Waals surface area contributed by atoms with E-state index in [0.717, 1.165) is 12.1 Å². The average molecular weight is 457 g/mol. The van der Waals surface area contributed by atoms with Crippen LogP contribution in [-0.2, 0) is 4.79 Å². The van der Waals surface area contributed by atoms with Crippen molar-refractivity contribution in [2.24, 2.45) is 0 Å². The highest BCUT2D eigenvalue weighted by molar-refractivity contribution is 5.81. The van der Waals surface area contributed by atoms with Crippen molar-refractivity contribution in [1.29, 1.82) is 0 Å². The predicted molar refractivity (Wildman–Crippen MR) is 99.1 cm³/mol. The normalized spacial score (nSPS) is 11.2. The molecule has 0 unspecified atom stereocenters. The van der Waals surface area contributed by atoms with Gasteiger partial charge in [-0.15, -0.1) is 0 Å². The Balaban J connectivity index is 0.000000360. The van der Waals surface area contributed by atoms with Crippen LogP contribution in [0.25, 0.3) is 17.0 Å². The summed E-state index contributed by atoms with van der Waals surface area (Å²) in [5.41, 5.74) is 6.17. The van der Waals surface area contributed by atoms with Crippen molar-refractivity contribution in [2.75, 3.05) is 11.1 Å². The standard InChI is InChI=1S/C14H11F2N9.C2HF3O2/c1-6-19-12(17)23-13(20-6)25-10-5-8(16)7(15)4-9(10)21-14(25)22-11-2-3-18-24-11;3-2(4,5)1(6)7/h2-5H,1H3,(H2,17,19,20,23)(H2,18,21,22,24);(H,6,7). The SMILES string of the molecule is Cc1nc(N)nc(-n2c(Nc3ccn[nH]3)nc3cc(F)c(F)cc32)n1.O=C(O)C(F)(F)F. The number of carbonyl (C=O) groups is 1. The Morgan fingerprint density at radius 3 is 2.38 bits per heavy atom. The summed E-state index contributed by atoms with van der Waals surface area (Å²) in [4.78, 5) is 25.4. The summed E-state index contributed by atoms with van der Waals surface area (Å²) in [6.07, 6.45) is -3.54. The molecule has 0 saturated heterocycles. The van der Waals surface area contributed by atoms with E-state index in [-0.39, 0.29) is 28.9 Å². The number of carboxylic acids is 1. The summed E-state index contributed by atoms with van der Waals surface area (Å²) in [6, 6.07) is 3.68. The largest absolute Gasteiger partial charge is 0.490 e. The fraction of sp³-hybridized carbons (Fsp3) is 0.125. The number of nitrogen functional groups attached to an aromatic ring is 1. The van der Waals surface area contributed by atoms with Crippen molar-refractivity contribution in [3.8, 4) is 5.95 Å². The topological polar surface area (TPSA) is 161 Å². The van der Waals surface area contributed by atoms with Gasteiger partial charge in [0.15, 0.2) is 11.6 Å². The Kier molecular flexibility index (Phi) is 5.86. The van der Waals surface area contributed by atoms with Gasteiger partial charge in [-0.3, -0.25) is 5.10 Å². The lowest BCUT2D eigenvalue weighted by Crippen LogP contribution is -2.21. The van der Waals surface area contributed by atoms with E-state index in [9.17, 15) is 22.0 Å². The van der Waals surface area contributed by atoms with Crippen molar-refractivity contribution in [2.45, 2.75) is 13.1 Å². The summed E-state index contributed by atoms with van der Waals surface area (Å²) >= 11 is 0. The number of rotatable bonds is 3. The van der Waals surface area contributed by atoms with Crippen LogP contribution in [0.4, 0.5) is 39.7 Å². The van der Waals surface area contributed by atoms with Gasteiger partial charge in [0.25, 0.3) is 0 Å². The van der Waals surface area contributed by atoms with E-state index in [0.29, 0.717) is 11.6 Å². The van der Waals surface area contributed by atoms with Crippen LogP contribution in [-0.4, -0.2) is 52.0 Å². The second kappa shape index (κ2) is 8.40. The lowest BCUT2D eigenvalue weighted by Gasteiger charge is -2.09. The van der Waals surface area contributed by atoms with Crippen LogP contribution in [0.1, 0.15) is 5.82 Å². The number of aliphatic carboxylic acids is 1. The molecular weight excluding hydrogens is 445 g/mol. The van der Waals surface area contributed by atoms with Crippen molar-refractivity contribution < 1.29 is 31.9 Å². The van der Waals surface area contributed by atoms with Crippen LogP contribution in [0.3, 0.4) is 0 Å². The van der Waals surface area contributed by atoms with Crippen LogP contribution in [0.2, 0.25) is 0 Å². The monoisotopic (exact) mass is 457 g/mol. The van der Waals surface area contributed by atoms with Gasteiger partial charge in [0.2, 0.25) is 17.8 Å². The van der Waals surface area contributed by atoms with E-state index in [2.05, 4.69) is 35.5 Å². The second-order valence-electron chi connectivity index (χ2n) is 5.96. The molecule has 11 nitrogen and oxygen atoms in total. The summed E-state index contributed by atoms with van der Waals surface area (Å²) in [6.45, 7) is 1.64. The molecule has 0 aliphatic rings. The molecule has 1 aromatic carbocycles. The molecule has 3 heterocycles. The minimum Gasteiger partial charge on any atom is -0.475 e. The van der Waals surface area contributed by atoms with Crippen LogP contribution in [0.15, 0.2) is 24.4 Å². The molecule has 0 fully saturated rings. The number of halogens is 5. The molecule has 0 saturated carbocycles. The van der Waals surface area contributed by atoms with Gasteiger partial charge < -0.3 is 16.2 Å². The zero-order valence-electron chi connectivity index (χ0n) is 15.8. The average Bonchev–Trinajstić information content (AvgIpc) is 3.29. The Morgan fingerprint density at radius 1 is 1.16 bits per heavy atom. The lowest BCUT2D eigenvalue weighted by molar-refractivity contribution is -0.192. The third-order valence-corrected chi connectivity index (χ3v) is 3.64. The molecule has 0 aliphatic heterocycles. The molecule has 0 atom stereocenters. The molecule has 0 bridgehead atoms. The van der Waals surface area contributed by atoms with Gasteiger partial charge in [0.1, 0.15) is 11.6 Å². The molecule has 32 heavy (non-hydrogen) atoms. The molecule has 3 aromatic heterocycles. The molecular formula is C16H12F5N9O2. The van der Waals surface area contributed by atoms with E-state index in [1.54, 1.807) is 19.2 Å². The lowest BCUT2D eigenvalue weighted by atomic mass is 10.3. The van der Waals surface area contributed by atoms with Gasteiger partial charge in [-0.2, -0.15) is 33.2 Å². The highest BCUT2D eigenvalue weighted by Gasteiger charge is 2.38. The summed E-state index contributed by atoms with van der Waals surface area (Å²) in [7, 11) is 0. The third-order valence-electron chi connectivity index (χ3n) is 3.64. The Morgan fingerprint density at radius 2 is 1.81 bits per heavy atom. The zero-order valence-corrected chi connectivity index (χ0v) is 15.8. The maximum absolute atomic E-state index is 13.8. The Hall–Kier alpha value is -4.37. The smallest absolute Gasteiger partial charge is 0.475 e. The minimum absolute atomic E-state index is 0.000533. The molecule has 0 aliphatic carbocycles. The van der Waals surface area contributed by atoms with Gasteiger partial charge in [-0.1, -0.05) is 0 Å². The van der Waals surface area contributed by atoms with E-state index in [1.165, 1.54) is 4.57 Å². The predicted octanol–water partition coefficient (Wildman–Crippen LogP) is 2.48. The number of imidazole rings is 1. The highest BCUT2D eigenvalue weighted by atomic mass is 19.4. The first-order valence-electron chi connectivity index (χ1n) is 8.38. The second-order valence-corrected chi connectivity index (χ2v) is 5.96. The van der Waals surface area contributed by atoms with Crippen molar-refractivity contribution >= 4 is 34.7 Å². The van der Waals surface area contributed by atoms with Gasteiger partial charge >= 0.3 is 12.1 Å². The third kappa shape index (κ3) is 4.85. The van der Waals surface area contributed by atoms with E-state index < -0.39 is 23.8 Å². The number of nitrogens with zero attached hydrogens (tertiary/aromatic N) is 6. The fourth-order valence-electron chi connectivity index (χ4n) is 2.39. The van der Waals surface area contributed by atoms with Crippen LogP contribution < -0.4 is 11.1 Å². The van der Waals surface area contributed by atoms with Gasteiger partial charge in [-0.05, 0) is 6.92 Å². The number of aryl methyl sites for hydroxylation is 1. The number of hydrogen-bond donors (Lipinski definition) is 4. The number of benzene rings is 1. The van der Waals surface area contributed by atoms with Crippen molar-refractivity contribution in [1.82, 2.24) is 34.7 Å². The Labute approximate surface area is 174 Å². The summed E-state index contributed by atoms with van der Waals surface area (Å²) in [5, 5.41) is 16.6. The highest BCUT2D eigenvalue weighted by Crippen LogP contribution is 2.27. The molecule has 4 rings (SSSR count). The van der Waals surface area contributed by atoms with Crippen LogP contribution in [0.5, 0.6) is 0 Å². The Bertz CT molecular complexity index is 1250. The van der Waals surface area contributed by atoms with Crippen LogP contribution >= 0.6 is 0 Å². The maximum atomic E-state index is 13.8. The number of aromatic amines is 1. The van der Waals surface area contributed by atoms with Crippen LogP contribution in [0, 0.1) is 18.6 Å². The zero-order chi connectivity index (χ0) is 23.6. The minimum atomic E-state index is -5.08. The van der Waals surface area contributed by atoms with Crippen molar-refractivity contribution in [3.05, 3.63) is 41.9 Å². The molecule has 0 radical (unpaired) electrons. The molecule has 5 N–H and O–H groups in total. The first kappa shape index (κ1) is 22.3. The number of alkyl halides is 3. The number of H-pyrrole nitrogens is 1. The molecule has 0 amide bonds.